The van der Waals surface area contributed by atoms with Gasteiger partial charge in [0.1, 0.15) is 6.04 Å². The van der Waals surface area contributed by atoms with Gasteiger partial charge >= 0.3 is 12.3 Å². The van der Waals surface area contributed by atoms with E-state index < -0.39 is 58.9 Å². The Hall–Kier alpha value is -4.44. The van der Waals surface area contributed by atoms with Gasteiger partial charge < -0.3 is 26.2 Å². The monoisotopic (exact) mass is 732 g/mol. The van der Waals surface area contributed by atoms with E-state index >= 15 is 0 Å². The number of hydrogen-bond donors (Lipinski definition) is 4. The molecule has 3 unspecified atom stereocenters. The van der Waals surface area contributed by atoms with Crippen molar-refractivity contribution in [2.75, 3.05) is 26.0 Å². The minimum atomic E-state index is -5.01. The summed E-state index contributed by atoms with van der Waals surface area (Å²) in [6.45, 7) is 2.76. The van der Waals surface area contributed by atoms with Crippen LogP contribution in [0.4, 0.5) is 23.7 Å². The molecule has 0 bridgehead atoms. The van der Waals surface area contributed by atoms with Crippen LogP contribution in [0, 0.1) is 5.92 Å². The Morgan fingerprint density at radius 3 is 1.90 bits per heavy atom. The lowest BCUT2D eigenvalue weighted by molar-refractivity contribution is -0.163. The van der Waals surface area contributed by atoms with Gasteiger partial charge in [-0.25, -0.2) is 13.2 Å². The van der Waals surface area contributed by atoms with Crippen LogP contribution in [0.15, 0.2) is 102 Å². The van der Waals surface area contributed by atoms with E-state index in [0.29, 0.717) is 28.2 Å². The predicted molar refractivity (Wildman–Crippen MR) is 185 cm³/mol. The number of nitrogens with zero attached hydrogens (tertiary/aromatic N) is 1. The molecule has 0 radical (unpaired) electrons. The summed E-state index contributed by atoms with van der Waals surface area (Å²) >= 11 is 0.610. The highest BCUT2D eigenvalue weighted by atomic mass is 32.2. The smallest absolute Gasteiger partial charge is 0.413 e. The summed E-state index contributed by atoms with van der Waals surface area (Å²) in [7, 11) is -3.16. The predicted octanol–water partition coefficient (Wildman–Crippen LogP) is 5.99. The van der Waals surface area contributed by atoms with Gasteiger partial charge in [-0.2, -0.15) is 17.5 Å². The number of aliphatic hydroxyl groups excluding tert-OH is 1. The number of anilines is 1. The zero-order chi connectivity index (χ0) is 36.6. The topological polar surface area (TPSA) is 151 Å². The number of alkyl halides is 3. The Morgan fingerprint density at radius 2 is 1.42 bits per heavy atom. The molecule has 268 valence electrons. The third-order valence-electron chi connectivity index (χ3n) is 7.82. The van der Waals surface area contributed by atoms with Crippen molar-refractivity contribution in [3.63, 3.8) is 0 Å². The molecule has 50 heavy (non-hydrogen) atoms. The van der Waals surface area contributed by atoms with E-state index in [-0.39, 0.29) is 27.1 Å². The molecular weight excluding hydrogens is 694 g/mol. The fraction of sp³-hybridized carbons (Fsp3) is 0.314. The first-order valence-corrected chi connectivity index (χ1v) is 17.8. The summed E-state index contributed by atoms with van der Waals surface area (Å²) < 4.78 is 77.7. The van der Waals surface area contributed by atoms with Crippen LogP contribution in [0.1, 0.15) is 52.7 Å². The van der Waals surface area contributed by atoms with E-state index in [9.17, 15) is 36.3 Å². The van der Waals surface area contributed by atoms with Gasteiger partial charge in [0.25, 0.3) is 0 Å². The Bertz CT molecular complexity index is 1780. The maximum atomic E-state index is 14.8. The molecule has 1 aromatic heterocycles. The van der Waals surface area contributed by atoms with E-state index in [0.717, 1.165) is 17.5 Å². The van der Waals surface area contributed by atoms with Crippen molar-refractivity contribution < 1.29 is 41.0 Å². The van der Waals surface area contributed by atoms with Gasteiger partial charge in [0.2, 0.25) is 15.9 Å². The number of benzene rings is 3. The Labute approximate surface area is 293 Å². The highest BCUT2D eigenvalue weighted by molar-refractivity contribution is 7.89. The summed E-state index contributed by atoms with van der Waals surface area (Å²) in [4.78, 5) is 26.1. The fourth-order valence-electron chi connectivity index (χ4n) is 5.48. The number of carbonyl (C=O) groups excluding carboxylic acids is 2. The SMILES string of the molecule is COC(=O)NC(C(=O)NC(c1ccc(C(CO)N(CC(C)C)S(=O)(=O)c2ccc(N)cc2)s1)C(F)(F)F)C(c1ccccc1)c1ccccc1. The second-order valence-electron chi connectivity index (χ2n) is 11.9. The molecule has 10 nitrogen and oxygen atoms in total. The molecular formula is C35H39F3N4O6S2. The minimum absolute atomic E-state index is 0.0498. The van der Waals surface area contributed by atoms with Crippen LogP contribution >= 0.6 is 11.3 Å². The minimum Gasteiger partial charge on any atom is -0.453 e. The standard InChI is InChI=1S/C35H39F3N4O6S2/c1-22(2)20-42(50(46,47)26-16-14-25(39)15-17-26)27(21-43)28-18-19-29(49-28)32(35(36,37)38)41-33(44)31(40-34(45)48-3)30(23-10-6-4-7-11-23)24-12-8-5-9-13-24/h4-19,22,27,30-32,43H,20-21,39H2,1-3H3,(H,40,45)(H,41,44). The number of nitrogens with two attached hydrogens (primary N) is 1. The van der Waals surface area contributed by atoms with Gasteiger partial charge in [-0.3, -0.25) is 4.79 Å². The van der Waals surface area contributed by atoms with Crippen molar-refractivity contribution >= 4 is 39.0 Å². The van der Waals surface area contributed by atoms with Crippen LogP contribution < -0.4 is 16.4 Å². The lowest BCUT2D eigenvalue weighted by Crippen LogP contribution is -2.52. The molecule has 0 fully saturated rings. The number of carbonyl (C=O) groups is 2. The van der Waals surface area contributed by atoms with E-state index in [1.54, 1.807) is 74.5 Å². The molecule has 4 aromatic rings. The number of sulfonamides is 1. The molecule has 0 saturated carbocycles. The molecule has 1 heterocycles. The van der Waals surface area contributed by atoms with Crippen molar-refractivity contribution in [1.82, 2.24) is 14.9 Å². The van der Waals surface area contributed by atoms with E-state index in [1.165, 1.54) is 30.3 Å². The average Bonchev–Trinajstić information content (AvgIpc) is 3.56. The van der Waals surface area contributed by atoms with Crippen LogP contribution in [0.3, 0.4) is 0 Å². The fourth-order valence-corrected chi connectivity index (χ4v) is 8.50. The van der Waals surface area contributed by atoms with Crippen molar-refractivity contribution in [3.05, 3.63) is 118 Å². The lowest BCUT2D eigenvalue weighted by Gasteiger charge is -2.31. The van der Waals surface area contributed by atoms with Crippen LogP contribution in [0.25, 0.3) is 0 Å². The van der Waals surface area contributed by atoms with Gasteiger partial charge in [0, 0.05) is 27.9 Å². The number of amides is 2. The van der Waals surface area contributed by atoms with E-state index in [2.05, 4.69) is 10.6 Å². The first-order valence-electron chi connectivity index (χ1n) is 15.6. The van der Waals surface area contributed by atoms with Crippen LogP contribution in [-0.4, -0.2) is 62.3 Å². The number of nitrogens with one attached hydrogen (secondary N) is 2. The average molecular weight is 733 g/mol. The number of rotatable bonds is 14. The van der Waals surface area contributed by atoms with Gasteiger partial charge in [-0.1, -0.05) is 74.5 Å². The number of thiophene rings is 1. The molecule has 2 amide bonds. The van der Waals surface area contributed by atoms with Gasteiger partial charge in [-0.05, 0) is 53.4 Å². The molecule has 0 spiro atoms. The third kappa shape index (κ3) is 9.21. The summed E-state index contributed by atoms with van der Waals surface area (Å²) in [5.74, 6) is -2.27. The molecule has 5 N–H and O–H groups in total. The maximum absolute atomic E-state index is 14.8. The summed E-state index contributed by atoms with van der Waals surface area (Å²) in [5.41, 5.74) is 7.17. The molecule has 0 saturated heterocycles. The molecule has 0 aliphatic rings. The number of halogens is 3. The Balaban J connectivity index is 1.73. The zero-order valence-corrected chi connectivity index (χ0v) is 29.1. The molecule has 15 heteroatoms. The summed E-state index contributed by atoms with van der Waals surface area (Å²) in [6.07, 6.45) is -6.03. The second kappa shape index (κ2) is 16.5. The number of ether oxygens (including phenoxy) is 1. The third-order valence-corrected chi connectivity index (χ3v) is 11.0. The maximum Gasteiger partial charge on any atom is 0.413 e. The number of nitrogen functional groups attached to an aromatic ring is 1. The number of alkyl carbamates (subject to hydrolysis) is 1. The molecule has 4 rings (SSSR count). The van der Waals surface area contributed by atoms with Crippen molar-refractivity contribution in [1.29, 1.82) is 0 Å². The number of methoxy groups -OCH3 is 1. The largest absolute Gasteiger partial charge is 0.453 e. The van der Waals surface area contributed by atoms with E-state index in [1.807, 2.05) is 0 Å². The van der Waals surface area contributed by atoms with Crippen LogP contribution in [0.2, 0.25) is 0 Å². The van der Waals surface area contributed by atoms with Crippen molar-refractivity contribution in [3.8, 4) is 0 Å². The quantitative estimate of drug-likeness (QED) is 0.116. The summed E-state index contributed by atoms with van der Waals surface area (Å²) in [5, 5.41) is 15.0. The van der Waals surface area contributed by atoms with Gasteiger partial charge in [0.15, 0.2) is 6.04 Å². The van der Waals surface area contributed by atoms with Gasteiger partial charge in [0.05, 0.1) is 24.7 Å². The van der Waals surface area contributed by atoms with Crippen molar-refractivity contribution in [2.24, 2.45) is 5.92 Å². The highest BCUT2D eigenvalue weighted by Gasteiger charge is 2.45. The van der Waals surface area contributed by atoms with Gasteiger partial charge in [-0.15, -0.1) is 11.3 Å². The normalized spacial score (nSPS) is 14.0. The van der Waals surface area contributed by atoms with Crippen LogP contribution in [0.5, 0.6) is 0 Å². The molecule has 3 aromatic carbocycles. The second-order valence-corrected chi connectivity index (χ2v) is 14.9. The molecule has 0 aliphatic heterocycles. The molecule has 3 atom stereocenters. The van der Waals surface area contributed by atoms with Crippen molar-refractivity contribution in [2.45, 2.75) is 49.0 Å². The van der Waals surface area contributed by atoms with E-state index in [4.69, 9.17) is 10.5 Å². The number of hydrogen-bond acceptors (Lipinski definition) is 8. The van der Waals surface area contributed by atoms with Crippen LogP contribution in [-0.2, 0) is 19.6 Å². The first-order chi connectivity index (χ1) is 23.7. The Morgan fingerprint density at radius 1 is 0.880 bits per heavy atom. The zero-order valence-electron chi connectivity index (χ0n) is 27.5. The number of aliphatic hydroxyl groups is 1. The lowest BCUT2D eigenvalue weighted by atomic mass is 9.84. The first kappa shape index (κ1) is 38.4. The highest BCUT2D eigenvalue weighted by Crippen LogP contribution is 2.40. The Kier molecular flexibility index (Phi) is 12.7. The molecule has 0 aliphatic carbocycles. The summed E-state index contributed by atoms with van der Waals surface area (Å²) in [6, 6.07) is 19.7.